The van der Waals surface area contributed by atoms with Crippen molar-refractivity contribution in [2.45, 2.75) is 38.1 Å². The number of methoxy groups -OCH3 is 3. The molecule has 23 heavy (non-hydrogen) atoms. The molecule has 0 amide bonds. The number of ether oxygens (including phenoxy) is 3. The van der Waals surface area contributed by atoms with Gasteiger partial charge in [0.15, 0.2) is 11.5 Å². The van der Waals surface area contributed by atoms with E-state index in [1.165, 1.54) is 32.1 Å². The molecule has 4 aliphatic carbocycles. The summed E-state index contributed by atoms with van der Waals surface area (Å²) in [5.41, 5.74) is 1.08. The first kappa shape index (κ1) is 15.0. The van der Waals surface area contributed by atoms with Crippen LogP contribution in [0.4, 0.5) is 5.69 Å². The SMILES string of the molecule is COc1cc(NC2C3CC4CC(C3)CC2C4)cc(OC)c1OC. The molecule has 4 nitrogen and oxygen atoms in total. The summed E-state index contributed by atoms with van der Waals surface area (Å²) >= 11 is 0. The second-order valence-corrected chi connectivity index (χ2v) is 7.51. The molecule has 4 aliphatic rings. The second kappa shape index (κ2) is 5.81. The maximum atomic E-state index is 5.48. The highest BCUT2D eigenvalue weighted by molar-refractivity contribution is 5.63. The standard InChI is InChI=1S/C19H27NO3/c1-21-16-9-15(10-17(22-2)19(16)23-3)20-18-13-5-11-4-12(7-13)8-14(18)6-11/h9-14,18,20H,4-8H2,1-3H3. The predicted octanol–water partition coefficient (Wildman–Crippen LogP) is 3.95. The molecule has 0 aliphatic heterocycles. The minimum atomic E-state index is 0.602. The molecule has 0 aromatic heterocycles. The van der Waals surface area contributed by atoms with Gasteiger partial charge >= 0.3 is 0 Å². The Hall–Kier alpha value is -1.58. The lowest BCUT2D eigenvalue weighted by Crippen LogP contribution is -2.51. The second-order valence-electron chi connectivity index (χ2n) is 7.51. The molecular formula is C19H27NO3. The Kier molecular flexibility index (Phi) is 3.78. The van der Waals surface area contributed by atoms with Crippen molar-refractivity contribution in [1.29, 1.82) is 0 Å². The van der Waals surface area contributed by atoms with Gasteiger partial charge < -0.3 is 19.5 Å². The van der Waals surface area contributed by atoms with Crippen LogP contribution in [0.15, 0.2) is 12.1 Å². The van der Waals surface area contributed by atoms with Gasteiger partial charge in [0.05, 0.1) is 21.3 Å². The molecule has 1 aromatic carbocycles. The van der Waals surface area contributed by atoms with E-state index in [1.807, 2.05) is 12.1 Å². The molecule has 1 N–H and O–H groups in total. The molecule has 0 spiro atoms. The van der Waals surface area contributed by atoms with Crippen molar-refractivity contribution in [3.8, 4) is 17.2 Å². The van der Waals surface area contributed by atoms with Gasteiger partial charge in [-0.3, -0.25) is 0 Å². The van der Waals surface area contributed by atoms with Crippen LogP contribution in [0.2, 0.25) is 0 Å². The van der Waals surface area contributed by atoms with Gasteiger partial charge in [-0.25, -0.2) is 0 Å². The molecule has 126 valence electrons. The molecule has 4 heteroatoms. The zero-order chi connectivity index (χ0) is 16.0. The fraction of sp³-hybridized carbons (Fsp3) is 0.684. The molecule has 0 saturated heterocycles. The summed E-state index contributed by atoms with van der Waals surface area (Å²) in [5, 5.41) is 3.81. The first-order valence-corrected chi connectivity index (χ1v) is 8.78. The number of benzene rings is 1. The third-order valence-electron chi connectivity index (χ3n) is 6.22. The highest BCUT2D eigenvalue weighted by Crippen LogP contribution is 2.54. The lowest BCUT2D eigenvalue weighted by atomic mass is 9.54. The van der Waals surface area contributed by atoms with Gasteiger partial charge in [0, 0.05) is 23.9 Å². The Morgan fingerprint density at radius 1 is 0.783 bits per heavy atom. The summed E-state index contributed by atoms with van der Waals surface area (Å²) in [6.45, 7) is 0. The zero-order valence-corrected chi connectivity index (χ0v) is 14.3. The average Bonchev–Trinajstić information content (AvgIpc) is 2.56. The van der Waals surface area contributed by atoms with Crippen LogP contribution in [0.1, 0.15) is 32.1 Å². The van der Waals surface area contributed by atoms with E-state index in [4.69, 9.17) is 14.2 Å². The topological polar surface area (TPSA) is 39.7 Å². The average molecular weight is 317 g/mol. The van der Waals surface area contributed by atoms with Gasteiger partial charge in [0.2, 0.25) is 5.75 Å². The largest absolute Gasteiger partial charge is 0.493 e. The lowest BCUT2D eigenvalue weighted by molar-refractivity contribution is 0.00753. The quantitative estimate of drug-likeness (QED) is 0.892. The Labute approximate surface area is 138 Å². The smallest absolute Gasteiger partial charge is 0.203 e. The van der Waals surface area contributed by atoms with Crippen LogP contribution in [0.5, 0.6) is 17.2 Å². The highest BCUT2D eigenvalue weighted by Gasteiger charge is 2.48. The first-order chi connectivity index (χ1) is 11.2. The molecule has 4 bridgehead atoms. The van der Waals surface area contributed by atoms with E-state index < -0.39 is 0 Å². The third-order valence-corrected chi connectivity index (χ3v) is 6.22. The zero-order valence-electron chi connectivity index (χ0n) is 14.3. The van der Waals surface area contributed by atoms with Gasteiger partial charge in [-0.2, -0.15) is 0 Å². The van der Waals surface area contributed by atoms with E-state index in [9.17, 15) is 0 Å². The van der Waals surface area contributed by atoms with Crippen LogP contribution in [0, 0.1) is 23.7 Å². The summed E-state index contributed by atoms with van der Waals surface area (Å²) in [4.78, 5) is 0. The van der Waals surface area contributed by atoms with Crippen molar-refractivity contribution >= 4 is 5.69 Å². The van der Waals surface area contributed by atoms with Crippen LogP contribution in [-0.2, 0) is 0 Å². The minimum absolute atomic E-state index is 0.602. The van der Waals surface area contributed by atoms with E-state index in [0.717, 1.165) is 40.9 Å². The Morgan fingerprint density at radius 2 is 1.30 bits per heavy atom. The summed E-state index contributed by atoms with van der Waals surface area (Å²) in [7, 11) is 4.99. The van der Waals surface area contributed by atoms with E-state index in [0.29, 0.717) is 11.8 Å². The van der Waals surface area contributed by atoms with Gasteiger partial charge in [0.1, 0.15) is 0 Å². The molecular weight excluding hydrogens is 290 g/mol. The summed E-state index contributed by atoms with van der Waals surface area (Å²) < 4.78 is 16.4. The van der Waals surface area contributed by atoms with E-state index in [-0.39, 0.29) is 0 Å². The molecule has 1 aromatic rings. The lowest BCUT2D eigenvalue weighted by Gasteiger charge is -2.54. The maximum Gasteiger partial charge on any atom is 0.203 e. The molecule has 0 unspecified atom stereocenters. The molecule has 0 atom stereocenters. The normalized spacial score (nSPS) is 34.3. The monoisotopic (exact) mass is 317 g/mol. The Morgan fingerprint density at radius 3 is 1.74 bits per heavy atom. The maximum absolute atomic E-state index is 5.48. The Bertz CT molecular complexity index is 533. The van der Waals surface area contributed by atoms with Crippen LogP contribution in [-0.4, -0.2) is 27.4 Å². The van der Waals surface area contributed by atoms with E-state index >= 15 is 0 Å². The third kappa shape index (κ3) is 2.52. The van der Waals surface area contributed by atoms with Crippen molar-refractivity contribution in [2.24, 2.45) is 23.7 Å². The van der Waals surface area contributed by atoms with Crippen molar-refractivity contribution in [2.75, 3.05) is 26.6 Å². The van der Waals surface area contributed by atoms with Crippen molar-refractivity contribution in [1.82, 2.24) is 0 Å². The van der Waals surface area contributed by atoms with E-state index in [1.54, 1.807) is 21.3 Å². The van der Waals surface area contributed by atoms with E-state index in [2.05, 4.69) is 5.32 Å². The molecule has 4 fully saturated rings. The van der Waals surface area contributed by atoms with Gasteiger partial charge in [-0.05, 0) is 55.8 Å². The van der Waals surface area contributed by atoms with Gasteiger partial charge in [0.25, 0.3) is 0 Å². The summed E-state index contributed by atoms with van der Waals surface area (Å²) in [6, 6.07) is 4.67. The first-order valence-electron chi connectivity index (χ1n) is 8.78. The van der Waals surface area contributed by atoms with Gasteiger partial charge in [-0.15, -0.1) is 0 Å². The van der Waals surface area contributed by atoms with Gasteiger partial charge in [-0.1, -0.05) is 0 Å². The number of rotatable bonds is 5. The van der Waals surface area contributed by atoms with Crippen LogP contribution < -0.4 is 19.5 Å². The number of anilines is 1. The minimum Gasteiger partial charge on any atom is -0.493 e. The van der Waals surface area contributed by atoms with Crippen molar-refractivity contribution in [3.05, 3.63) is 12.1 Å². The molecule has 0 radical (unpaired) electrons. The molecule has 5 rings (SSSR count). The van der Waals surface area contributed by atoms with Crippen LogP contribution in [0.3, 0.4) is 0 Å². The van der Waals surface area contributed by atoms with Crippen LogP contribution in [0.25, 0.3) is 0 Å². The number of hydrogen-bond acceptors (Lipinski definition) is 4. The highest BCUT2D eigenvalue weighted by atomic mass is 16.5. The fourth-order valence-corrected chi connectivity index (χ4v) is 5.52. The summed E-state index contributed by atoms with van der Waals surface area (Å²) in [5.74, 6) is 5.77. The van der Waals surface area contributed by atoms with Crippen molar-refractivity contribution in [3.63, 3.8) is 0 Å². The van der Waals surface area contributed by atoms with Crippen LogP contribution >= 0.6 is 0 Å². The predicted molar refractivity (Wildman–Crippen MR) is 90.6 cm³/mol. The fourth-order valence-electron chi connectivity index (χ4n) is 5.52. The molecule has 4 saturated carbocycles. The molecule has 0 heterocycles. The number of nitrogens with one attached hydrogen (secondary N) is 1. The summed E-state index contributed by atoms with van der Waals surface area (Å²) in [6.07, 6.45) is 7.14. The Balaban J connectivity index is 1.59. The number of hydrogen-bond donors (Lipinski definition) is 1. The van der Waals surface area contributed by atoms with Crippen molar-refractivity contribution < 1.29 is 14.2 Å².